The van der Waals surface area contributed by atoms with E-state index in [2.05, 4.69) is 17.1 Å². The molecule has 0 N–H and O–H groups in total. The van der Waals surface area contributed by atoms with E-state index >= 15 is 0 Å². The van der Waals surface area contributed by atoms with Crippen molar-refractivity contribution < 1.29 is 4.74 Å². The third-order valence-corrected chi connectivity index (χ3v) is 5.50. The molecule has 0 aliphatic carbocycles. The number of rotatable bonds is 2. The number of benzene rings is 3. The lowest BCUT2D eigenvalue weighted by Gasteiger charge is -2.38. The summed E-state index contributed by atoms with van der Waals surface area (Å²) in [6, 6.07) is 23.9. The van der Waals surface area contributed by atoms with E-state index < -0.39 is 0 Å². The van der Waals surface area contributed by atoms with Crippen molar-refractivity contribution in [2.75, 3.05) is 0 Å². The van der Waals surface area contributed by atoms with Gasteiger partial charge in [-0.3, -0.25) is 0 Å². The molecule has 0 fully saturated rings. The standard InChI is InChI=1S/C22H16Cl2N2O/c23-16-8-6-14(7-9-16)19-13-20-18-12-17(24)10-11-21(18)27-22(26(20)25-19)15-4-2-1-3-5-15/h1-12,20,22H,13H2/t20-,22+/m1/s1. The number of ether oxygens (including phenoxy) is 1. The van der Waals surface area contributed by atoms with Gasteiger partial charge in [0.2, 0.25) is 6.23 Å². The second-order valence-electron chi connectivity index (χ2n) is 6.72. The van der Waals surface area contributed by atoms with E-state index in [1.807, 2.05) is 60.7 Å². The van der Waals surface area contributed by atoms with Gasteiger partial charge in [-0.05, 0) is 35.9 Å². The second-order valence-corrected chi connectivity index (χ2v) is 7.59. The summed E-state index contributed by atoms with van der Waals surface area (Å²) in [4.78, 5) is 0. The van der Waals surface area contributed by atoms with Gasteiger partial charge >= 0.3 is 0 Å². The van der Waals surface area contributed by atoms with Crippen molar-refractivity contribution >= 4 is 28.9 Å². The van der Waals surface area contributed by atoms with Crippen LogP contribution in [0.15, 0.2) is 77.9 Å². The molecule has 0 radical (unpaired) electrons. The minimum Gasteiger partial charge on any atom is -0.464 e. The molecule has 0 saturated heterocycles. The fraction of sp³-hybridized carbons (Fsp3) is 0.136. The van der Waals surface area contributed by atoms with Crippen molar-refractivity contribution in [1.82, 2.24) is 5.01 Å². The Morgan fingerprint density at radius 3 is 2.41 bits per heavy atom. The van der Waals surface area contributed by atoms with E-state index in [9.17, 15) is 0 Å². The zero-order valence-corrected chi connectivity index (χ0v) is 15.9. The highest BCUT2D eigenvalue weighted by molar-refractivity contribution is 6.31. The number of hydrogen-bond donors (Lipinski definition) is 0. The molecular weight excluding hydrogens is 379 g/mol. The van der Waals surface area contributed by atoms with Crippen molar-refractivity contribution in [3.05, 3.63) is 99.5 Å². The lowest BCUT2D eigenvalue weighted by atomic mass is 9.96. The van der Waals surface area contributed by atoms with Gasteiger partial charge in [0.15, 0.2) is 0 Å². The van der Waals surface area contributed by atoms with Gasteiger partial charge in [0.25, 0.3) is 0 Å². The first-order valence-electron chi connectivity index (χ1n) is 8.82. The first-order valence-corrected chi connectivity index (χ1v) is 9.57. The van der Waals surface area contributed by atoms with Gasteiger partial charge in [0, 0.05) is 27.6 Å². The van der Waals surface area contributed by atoms with E-state index in [4.69, 9.17) is 33.0 Å². The SMILES string of the molecule is Clc1ccc(C2=NN3[C@H](C2)c2cc(Cl)ccc2O[C@H]3c2ccccc2)cc1. The molecule has 0 unspecified atom stereocenters. The first-order chi connectivity index (χ1) is 13.2. The van der Waals surface area contributed by atoms with Crippen LogP contribution in [-0.4, -0.2) is 10.7 Å². The summed E-state index contributed by atoms with van der Waals surface area (Å²) in [5, 5.41) is 8.41. The fourth-order valence-corrected chi connectivity index (χ4v) is 4.02. The lowest BCUT2D eigenvalue weighted by molar-refractivity contribution is -0.0190. The van der Waals surface area contributed by atoms with Crippen molar-refractivity contribution in [2.45, 2.75) is 18.7 Å². The summed E-state index contributed by atoms with van der Waals surface area (Å²) in [5.74, 6) is 0.863. The van der Waals surface area contributed by atoms with Crippen LogP contribution >= 0.6 is 23.2 Å². The predicted molar refractivity (Wildman–Crippen MR) is 108 cm³/mol. The number of nitrogens with zero attached hydrogens (tertiary/aromatic N) is 2. The molecule has 3 nitrogen and oxygen atoms in total. The van der Waals surface area contributed by atoms with Gasteiger partial charge in [-0.2, -0.15) is 5.10 Å². The van der Waals surface area contributed by atoms with Crippen molar-refractivity contribution in [1.29, 1.82) is 0 Å². The number of fused-ring (bicyclic) bond motifs is 3. The maximum atomic E-state index is 6.33. The van der Waals surface area contributed by atoms with Crippen LogP contribution < -0.4 is 4.74 Å². The van der Waals surface area contributed by atoms with Crippen LogP contribution in [0.1, 0.15) is 35.4 Å². The Balaban J connectivity index is 1.60. The quantitative estimate of drug-likeness (QED) is 0.513. The Bertz CT molecular complexity index is 1020. The molecule has 0 spiro atoms. The molecule has 2 aliphatic rings. The highest BCUT2D eigenvalue weighted by Gasteiger charge is 2.41. The summed E-state index contributed by atoms with van der Waals surface area (Å²) in [6.07, 6.45) is 0.525. The molecule has 2 heterocycles. The van der Waals surface area contributed by atoms with Crippen LogP contribution in [-0.2, 0) is 0 Å². The smallest absolute Gasteiger partial charge is 0.213 e. The molecule has 0 amide bonds. The van der Waals surface area contributed by atoms with E-state index in [0.29, 0.717) is 5.02 Å². The number of halogens is 2. The lowest BCUT2D eigenvalue weighted by Crippen LogP contribution is -2.33. The van der Waals surface area contributed by atoms with Crippen LogP contribution in [0, 0.1) is 0 Å². The van der Waals surface area contributed by atoms with E-state index in [1.165, 1.54) is 0 Å². The number of hydrogen-bond acceptors (Lipinski definition) is 3. The molecule has 27 heavy (non-hydrogen) atoms. The first kappa shape index (κ1) is 16.7. The Morgan fingerprint density at radius 2 is 1.63 bits per heavy atom. The van der Waals surface area contributed by atoms with Gasteiger partial charge < -0.3 is 4.74 Å². The van der Waals surface area contributed by atoms with Crippen LogP contribution in [0.5, 0.6) is 5.75 Å². The number of hydrazone groups is 1. The average molecular weight is 395 g/mol. The summed E-state index contributed by atoms with van der Waals surface area (Å²) in [5.41, 5.74) is 4.24. The Hall–Kier alpha value is -2.49. The molecular formula is C22H16Cl2N2O. The third kappa shape index (κ3) is 2.97. The maximum Gasteiger partial charge on any atom is 0.213 e. The largest absolute Gasteiger partial charge is 0.464 e. The molecule has 134 valence electrons. The summed E-state index contributed by atoms with van der Waals surface area (Å²) >= 11 is 12.3. The average Bonchev–Trinajstić information content (AvgIpc) is 3.14. The predicted octanol–water partition coefficient (Wildman–Crippen LogP) is 6.24. The fourth-order valence-electron chi connectivity index (χ4n) is 3.71. The molecule has 3 aromatic rings. The summed E-state index contributed by atoms with van der Waals surface area (Å²) in [7, 11) is 0. The molecule has 2 atom stereocenters. The topological polar surface area (TPSA) is 24.8 Å². The van der Waals surface area contributed by atoms with Crippen molar-refractivity contribution in [2.24, 2.45) is 5.10 Å². The van der Waals surface area contributed by atoms with Gasteiger partial charge in [0.05, 0.1) is 11.8 Å². The Labute approximate surface area is 167 Å². The molecule has 5 heteroatoms. The zero-order chi connectivity index (χ0) is 18.4. The highest BCUT2D eigenvalue weighted by Crippen LogP contribution is 2.48. The Kier molecular flexibility index (Phi) is 4.07. The van der Waals surface area contributed by atoms with Gasteiger partial charge in [-0.1, -0.05) is 65.7 Å². The summed E-state index contributed by atoms with van der Waals surface area (Å²) < 4.78 is 6.33. The van der Waals surface area contributed by atoms with Crippen LogP contribution in [0.4, 0.5) is 0 Å². The van der Waals surface area contributed by atoms with E-state index in [1.54, 1.807) is 0 Å². The molecule has 3 aromatic carbocycles. The van der Waals surface area contributed by atoms with Gasteiger partial charge in [0.1, 0.15) is 5.75 Å². The normalized spacial score (nSPS) is 20.5. The minimum atomic E-state index is -0.269. The van der Waals surface area contributed by atoms with E-state index in [-0.39, 0.29) is 12.3 Å². The third-order valence-electron chi connectivity index (χ3n) is 5.01. The molecule has 5 rings (SSSR count). The molecule has 0 bridgehead atoms. The minimum absolute atomic E-state index is 0.0864. The van der Waals surface area contributed by atoms with Crippen molar-refractivity contribution in [3.8, 4) is 5.75 Å². The molecule has 0 saturated carbocycles. The van der Waals surface area contributed by atoms with Crippen molar-refractivity contribution in [3.63, 3.8) is 0 Å². The maximum absolute atomic E-state index is 6.33. The zero-order valence-electron chi connectivity index (χ0n) is 14.3. The second kappa shape index (κ2) is 6.59. The summed E-state index contributed by atoms with van der Waals surface area (Å²) in [6.45, 7) is 0. The monoisotopic (exact) mass is 394 g/mol. The Morgan fingerprint density at radius 1 is 0.889 bits per heavy atom. The van der Waals surface area contributed by atoms with Gasteiger partial charge in [-0.25, -0.2) is 5.01 Å². The molecule has 0 aromatic heterocycles. The van der Waals surface area contributed by atoms with Crippen LogP contribution in [0.2, 0.25) is 10.0 Å². The van der Waals surface area contributed by atoms with Gasteiger partial charge in [-0.15, -0.1) is 0 Å². The van der Waals surface area contributed by atoms with Crippen LogP contribution in [0.25, 0.3) is 0 Å². The van der Waals surface area contributed by atoms with E-state index in [0.717, 1.165) is 39.6 Å². The highest BCUT2D eigenvalue weighted by atomic mass is 35.5. The molecule has 2 aliphatic heterocycles. The van der Waals surface area contributed by atoms with Crippen LogP contribution in [0.3, 0.4) is 0 Å².